The lowest BCUT2D eigenvalue weighted by Gasteiger charge is -2.24. The molecule has 0 saturated carbocycles. The van der Waals surface area contributed by atoms with E-state index in [2.05, 4.69) is 135 Å². The van der Waals surface area contributed by atoms with Gasteiger partial charge in [0.15, 0.2) is 11.2 Å². The Hall–Kier alpha value is -5.61. The summed E-state index contributed by atoms with van der Waals surface area (Å²) in [5, 5.41) is 4.23. The normalized spacial score (nSPS) is 12.2. The van der Waals surface area contributed by atoms with Gasteiger partial charge >= 0.3 is 0 Å². The Balaban J connectivity index is 1.37. The number of hydrogen-bond acceptors (Lipinski definition) is 3. The SMILES string of the molecule is CC(C)c1cc(-c2ccccc2)cc(C(C)C)c1-n1c(-c2cccc3c2oc2c3ccc3c4ccccc4oc32)nc2ccccc21. The highest BCUT2D eigenvalue weighted by Crippen LogP contribution is 2.44. The van der Waals surface area contributed by atoms with Crippen LogP contribution in [-0.4, -0.2) is 9.55 Å². The first-order chi connectivity index (χ1) is 23.0. The second-order valence-electron chi connectivity index (χ2n) is 13.1. The zero-order valence-electron chi connectivity index (χ0n) is 26.9. The van der Waals surface area contributed by atoms with Crippen LogP contribution in [0.2, 0.25) is 0 Å². The van der Waals surface area contributed by atoms with Crippen LogP contribution in [0.3, 0.4) is 0 Å². The molecule has 0 saturated heterocycles. The molecule has 47 heavy (non-hydrogen) atoms. The van der Waals surface area contributed by atoms with Gasteiger partial charge in [-0.1, -0.05) is 100 Å². The Morgan fingerprint density at radius 2 is 1.15 bits per heavy atom. The van der Waals surface area contributed by atoms with Gasteiger partial charge in [-0.25, -0.2) is 4.98 Å². The smallest absolute Gasteiger partial charge is 0.178 e. The first-order valence-corrected chi connectivity index (χ1v) is 16.4. The van der Waals surface area contributed by atoms with Crippen molar-refractivity contribution in [2.45, 2.75) is 39.5 Å². The largest absolute Gasteiger partial charge is 0.452 e. The molecule has 6 aromatic carbocycles. The first kappa shape index (κ1) is 27.7. The van der Waals surface area contributed by atoms with Gasteiger partial charge in [-0.2, -0.15) is 0 Å². The van der Waals surface area contributed by atoms with E-state index in [1.165, 1.54) is 27.9 Å². The number of fused-ring (bicyclic) bond motifs is 8. The molecule has 0 unspecified atom stereocenters. The van der Waals surface area contributed by atoms with Gasteiger partial charge in [-0.3, -0.25) is 4.57 Å². The van der Waals surface area contributed by atoms with Gasteiger partial charge in [0.05, 0.1) is 22.3 Å². The van der Waals surface area contributed by atoms with Crippen molar-refractivity contribution in [1.29, 1.82) is 0 Å². The second kappa shape index (κ2) is 10.5. The highest BCUT2D eigenvalue weighted by molar-refractivity contribution is 6.20. The summed E-state index contributed by atoms with van der Waals surface area (Å²) in [5.74, 6) is 1.43. The van der Waals surface area contributed by atoms with Crippen molar-refractivity contribution in [3.05, 3.63) is 132 Å². The quantitative estimate of drug-likeness (QED) is 0.195. The van der Waals surface area contributed by atoms with Crippen LogP contribution in [0, 0.1) is 0 Å². The number of rotatable bonds is 5. The fraction of sp³-hybridized carbons (Fsp3) is 0.140. The fourth-order valence-electron chi connectivity index (χ4n) is 7.26. The highest BCUT2D eigenvalue weighted by Gasteiger charge is 2.26. The molecule has 9 rings (SSSR count). The van der Waals surface area contributed by atoms with E-state index >= 15 is 0 Å². The molecular weight excluding hydrogens is 576 g/mol. The van der Waals surface area contributed by atoms with Crippen molar-refractivity contribution in [2.24, 2.45) is 0 Å². The van der Waals surface area contributed by atoms with Gasteiger partial charge < -0.3 is 8.83 Å². The molecule has 0 N–H and O–H groups in total. The van der Waals surface area contributed by atoms with Gasteiger partial charge in [0.25, 0.3) is 0 Å². The van der Waals surface area contributed by atoms with Crippen LogP contribution >= 0.6 is 0 Å². The van der Waals surface area contributed by atoms with Gasteiger partial charge in [0.2, 0.25) is 0 Å². The van der Waals surface area contributed by atoms with E-state index in [4.69, 9.17) is 13.8 Å². The summed E-state index contributed by atoms with van der Waals surface area (Å²) in [7, 11) is 0. The van der Waals surface area contributed by atoms with Gasteiger partial charge in [0.1, 0.15) is 17.0 Å². The first-order valence-electron chi connectivity index (χ1n) is 16.4. The zero-order chi connectivity index (χ0) is 31.8. The van der Waals surface area contributed by atoms with Gasteiger partial charge in [-0.05, 0) is 82.6 Å². The molecule has 0 aliphatic carbocycles. The molecule has 228 valence electrons. The standard InChI is InChI=1S/C43H34N2O2/c1-25(2)34-23-28(27-13-6-5-7-14-27)24-35(26(3)4)39(34)45-37-19-10-9-18-36(37)44-43(45)33-17-12-16-30-32-22-21-31-29-15-8-11-20-38(29)46-41(31)42(32)47-40(30)33/h5-26H,1-4H3. The van der Waals surface area contributed by atoms with Crippen molar-refractivity contribution in [1.82, 2.24) is 9.55 Å². The third-order valence-electron chi connectivity index (χ3n) is 9.56. The average Bonchev–Trinajstić information content (AvgIpc) is 3.79. The van der Waals surface area contributed by atoms with Crippen molar-refractivity contribution < 1.29 is 8.83 Å². The van der Waals surface area contributed by atoms with Crippen molar-refractivity contribution >= 4 is 54.9 Å². The summed E-state index contributed by atoms with van der Waals surface area (Å²) in [6.45, 7) is 9.15. The number of furan rings is 2. The molecule has 0 fully saturated rings. The molecule has 0 atom stereocenters. The average molecular weight is 611 g/mol. The van der Waals surface area contributed by atoms with Crippen LogP contribution in [0.4, 0.5) is 0 Å². The van der Waals surface area contributed by atoms with Crippen LogP contribution in [0.25, 0.3) is 83.1 Å². The van der Waals surface area contributed by atoms with Crippen molar-refractivity contribution in [3.8, 4) is 28.2 Å². The summed E-state index contributed by atoms with van der Waals surface area (Å²) in [6, 6.07) is 42.8. The van der Waals surface area contributed by atoms with E-state index in [9.17, 15) is 0 Å². The van der Waals surface area contributed by atoms with E-state index in [1.807, 2.05) is 18.2 Å². The summed E-state index contributed by atoms with van der Waals surface area (Å²) >= 11 is 0. The molecule has 9 aromatic rings. The van der Waals surface area contributed by atoms with E-state index in [0.717, 1.165) is 66.3 Å². The molecule has 0 aliphatic rings. The fourth-order valence-corrected chi connectivity index (χ4v) is 7.26. The van der Waals surface area contributed by atoms with Gasteiger partial charge in [0, 0.05) is 21.5 Å². The van der Waals surface area contributed by atoms with E-state index in [1.54, 1.807) is 0 Å². The molecule has 3 aromatic heterocycles. The monoisotopic (exact) mass is 610 g/mol. The molecule has 0 bridgehead atoms. The van der Waals surface area contributed by atoms with Crippen LogP contribution in [-0.2, 0) is 0 Å². The summed E-state index contributed by atoms with van der Waals surface area (Å²) in [4.78, 5) is 5.34. The molecule has 0 amide bonds. The predicted molar refractivity (Wildman–Crippen MR) is 195 cm³/mol. The maximum Gasteiger partial charge on any atom is 0.178 e. The number of para-hydroxylation sites is 4. The Bertz CT molecular complexity index is 2600. The minimum absolute atomic E-state index is 0.281. The molecule has 3 heterocycles. The van der Waals surface area contributed by atoms with E-state index < -0.39 is 0 Å². The third kappa shape index (κ3) is 4.18. The second-order valence-corrected chi connectivity index (χ2v) is 13.1. The topological polar surface area (TPSA) is 44.1 Å². The summed E-state index contributed by atoms with van der Waals surface area (Å²) in [6.07, 6.45) is 0. The number of nitrogens with zero attached hydrogens (tertiary/aromatic N) is 2. The third-order valence-corrected chi connectivity index (χ3v) is 9.56. The minimum Gasteiger partial charge on any atom is -0.452 e. The molecular formula is C43H34N2O2. The number of benzene rings is 6. The molecule has 0 aliphatic heterocycles. The van der Waals surface area contributed by atoms with Gasteiger partial charge in [-0.15, -0.1) is 0 Å². The highest BCUT2D eigenvalue weighted by atomic mass is 16.4. The van der Waals surface area contributed by atoms with E-state index in [-0.39, 0.29) is 11.8 Å². The molecule has 4 nitrogen and oxygen atoms in total. The van der Waals surface area contributed by atoms with Crippen molar-refractivity contribution in [2.75, 3.05) is 0 Å². The molecule has 0 spiro atoms. The maximum absolute atomic E-state index is 6.85. The zero-order valence-corrected chi connectivity index (χ0v) is 26.9. The van der Waals surface area contributed by atoms with Crippen LogP contribution in [0.5, 0.6) is 0 Å². The van der Waals surface area contributed by atoms with E-state index in [0.29, 0.717) is 0 Å². The van der Waals surface area contributed by atoms with Crippen molar-refractivity contribution in [3.63, 3.8) is 0 Å². The molecule has 0 radical (unpaired) electrons. The predicted octanol–water partition coefficient (Wildman–Crippen LogP) is 12.4. The Kier molecular flexibility index (Phi) is 6.16. The number of hydrogen-bond donors (Lipinski definition) is 0. The number of imidazole rings is 1. The lowest BCUT2D eigenvalue weighted by Crippen LogP contribution is -2.09. The van der Waals surface area contributed by atoms with Crippen LogP contribution in [0.15, 0.2) is 130 Å². The Morgan fingerprint density at radius 3 is 1.91 bits per heavy atom. The summed E-state index contributed by atoms with van der Waals surface area (Å²) in [5.41, 5.74) is 12.4. The summed E-state index contributed by atoms with van der Waals surface area (Å²) < 4.78 is 15.6. The lowest BCUT2D eigenvalue weighted by molar-refractivity contribution is 0.633. The maximum atomic E-state index is 6.85. The Labute approximate surface area is 272 Å². The van der Waals surface area contributed by atoms with Crippen LogP contribution in [0.1, 0.15) is 50.7 Å². The lowest BCUT2D eigenvalue weighted by atomic mass is 9.88. The minimum atomic E-state index is 0.281. The Morgan fingerprint density at radius 1 is 0.532 bits per heavy atom. The molecule has 4 heteroatoms. The number of aromatic nitrogens is 2. The van der Waals surface area contributed by atoms with Crippen LogP contribution < -0.4 is 0 Å².